The molecule has 0 aromatic heterocycles. The van der Waals surface area contributed by atoms with E-state index < -0.39 is 0 Å². The molecule has 1 saturated carbocycles. The number of amides is 1. The minimum absolute atomic E-state index is 0.225. The molecule has 1 amide bonds. The zero-order valence-corrected chi connectivity index (χ0v) is 19.7. The van der Waals surface area contributed by atoms with Gasteiger partial charge in [0.1, 0.15) is 0 Å². The standard InChI is InChI=1S/C20H29Cl2NO.C4H9N/c1-3-7-16-8-5-6-9-19(16)23(12-4-2)20(24)14-15-10-11-17(21)18(22)13-15;1-2-4-5-3-1/h10-11,13,16,19H,3-9,12,14H2,1-2H3;5H,1-4H2. The normalized spacial score (nSPS) is 21.4. The van der Waals surface area contributed by atoms with Crippen molar-refractivity contribution in [2.45, 2.75) is 84.1 Å². The van der Waals surface area contributed by atoms with Crippen LogP contribution in [0.5, 0.6) is 0 Å². The van der Waals surface area contributed by atoms with Gasteiger partial charge in [-0.05, 0) is 75.2 Å². The van der Waals surface area contributed by atoms with Gasteiger partial charge in [0.15, 0.2) is 0 Å². The van der Waals surface area contributed by atoms with Crippen molar-refractivity contribution in [2.24, 2.45) is 5.92 Å². The van der Waals surface area contributed by atoms with Crippen molar-refractivity contribution in [3.05, 3.63) is 33.8 Å². The number of carbonyl (C=O) groups excluding carboxylic acids is 1. The number of nitrogens with zero attached hydrogens (tertiary/aromatic N) is 1. The minimum atomic E-state index is 0.225. The Bertz CT molecular complexity index is 609. The first-order chi connectivity index (χ1) is 14.1. The van der Waals surface area contributed by atoms with Crippen LogP contribution in [0.15, 0.2) is 18.2 Å². The summed E-state index contributed by atoms with van der Waals surface area (Å²) in [5.74, 6) is 0.885. The molecule has 1 N–H and O–H groups in total. The van der Waals surface area contributed by atoms with E-state index in [1.807, 2.05) is 12.1 Å². The lowest BCUT2D eigenvalue weighted by Crippen LogP contribution is -2.47. The Kier molecular flexibility index (Phi) is 11.4. The first-order valence-corrected chi connectivity index (χ1v) is 12.3. The number of hydrogen-bond acceptors (Lipinski definition) is 2. The van der Waals surface area contributed by atoms with Crippen molar-refractivity contribution in [2.75, 3.05) is 19.6 Å². The van der Waals surface area contributed by atoms with Gasteiger partial charge in [-0.2, -0.15) is 0 Å². The van der Waals surface area contributed by atoms with Crippen LogP contribution in [-0.2, 0) is 11.2 Å². The maximum absolute atomic E-state index is 13.0. The molecule has 2 atom stereocenters. The lowest BCUT2D eigenvalue weighted by atomic mass is 9.80. The third kappa shape index (κ3) is 8.11. The fourth-order valence-electron chi connectivity index (χ4n) is 4.57. The number of nitrogens with one attached hydrogen (secondary N) is 1. The topological polar surface area (TPSA) is 32.3 Å². The molecular weight excluding hydrogens is 403 g/mol. The van der Waals surface area contributed by atoms with Crippen LogP contribution in [0.2, 0.25) is 10.0 Å². The highest BCUT2D eigenvalue weighted by molar-refractivity contribution is 6.42. The van der Waals surface area contributed by atoms with E-state index in [1.54, 1.807) is 6.07 Å². The number of rotatable bonds is 7. The highest BCUT2D eigenvalue weighted by Gasteiger charge is 2.31. The van der Waals surface area contributed by atoms with Gasteiger partial charge in [0.25, 0.3) is 0 Å². The Hall–Kier alpha value is -0.770. The molecule has 3 nitrogen and oxygen atoms in total. The molecule has 0 spiro atoms. The third-order valence-electron chi connectivity index (χ3n) is 6.01. The van der Waals surface area contributed by atoms with E-state index in [1.165, 1.54) is 58.0 Å². The van der Waals surface area contributed by atoms with Crippen LogP contribution >= 0.6 is 23.2 Å². The predicted molar refractivity (Wildman–Crippen MR) is 125 cm³/mol. The number of hydrogen-bond donors (Lipinski definition) is 1. The molecule has 1 aliphatic heterocycles. The van der Waals surface area contributed by atoms with Gasteiger partial charge in [0.05, 0.1) is 16.5 Å². The van der Waals surface area contributed by atoms with E-state index in [9.17, 15) is 4.79 Å². The van der Waals surface area contributed by atoms with Gasteiger partial charge in [0.2, 0.25) is 5.91 Å². The van der Waals surface area contributed by atoms with Crippen molar-refractivity contribution in [1.29, 1.82) is 0 Å². The Morgan fingerprint density at radius 3 is 2.34 bits per heavy atom. The molecule has 0 radical (unpaired) electrons. The lowest BCUT2D eigenvalue weighted by Gasteiger charge is -2.40. The summed E-state index contributed by atoms with van der Waals surface area (Å²) in [5, 5.41) is 4.28. The van der Waals surface area contributed by atoms with E-state index in [0.29, 0.717) is 28.4 Å². The average molecular weight is 441 g/mol. The molecular formula is C24H38Cl2N2O. The maximum Gasteiger partial charge on any atom is 0.227 e. The largest absolute Gasteiger partial charge is 0.339 e. The lowest BCUT2D eigenvalue weighted by molar-refractivity contribution is -0.135. The highest BCUT2D eigenvalue weighted by Crippen LogP contribution is 2.32. The highest BCUT2D eigenvalue weighted by atomic mass is 35.5. The fourth-order valence-corrected chi connectivity index (χ4v) is 4.89. The first kappa shape index (κ1) is 24.5. The predicted octanol–water partition coefficient (Wildman–Crippen LogP) is 6.50. The van der Waals surface area contributed by atoms with Crippen LogP contribution in [0.25, 0.3) is 0 Å². The quantitative estimate of drug-likeness (QED) is 0.524. The van der Waals surface area contributed by atoms with Gasteiger partial charge in [-0.3, -0.25) is 4.79 Å². The second-order valence-electron chi connectivity index (χ2n) is 8.37. The molecule has 1 aliphatic carbocycles. The van der Waals surface area contributed by atoms with Gasteiger partial charge in [-0.25, -0.2) is 0 Å². The van der Waals surface area contributed by atoms with E-state index >= 15 is 0 Å². The summed E-state index contributed by atoms with van der Waals surface area (Å²) in [5.41, 5.74) is 0.943. The summed E-state index contributed by atoms with van der Waals surface area (Å²) in [6.45, 7) is 7.75. The second kappa shape index (κ2) is 13.5. The molecule has 5 heteroatoms. The molecule has 1 aromatic rings. The Morgan fingerprint density at radius 1 is 1.03 bits per heavy atom. The molecule has 164 valence electrons. The summed E-state index contributed by atoms with van der Waals surface area (Å²) in [6.07, 6.45) is 11.6. The summed E-state index contributed by atoms with van der Waals surface area (Å²) < 4.78 is 0. The molecule has 2 aliphatic rings. The van der Waals surface area contributed by atoms with Crippen LogP contribution in [0.4, 0.5) is 0 Å². The van der Waals surface area contributed by atoms with Crippen molar-refractivity contribution < 1.29 is 4.79 Å². The van der Waals surface area contributed by atoms with E-state index in [4.69, 9.17) is 23.2 Å². The van der Waals surface area contributed by atoms with Crippen molar-refractivity contribution in [3.63, 3.8) is 0 Å². The summed E-state index contributed by atoms with van der Waals surface area (Å²) in [6, 6.07) is 5.91. The van der Waals surface area contributed by atoms with Crippen LogP contribution in [0.1, 0.15) is 77.2 Å². The third-order valence-corrected chi connectivity index (χ3v) is 6.75. The Balaban J connectivity index is 0.000000521. The molecule has 1 aromatic carbocycles. The Morgan fingerprint density at radius 2 is 1.76 bits per heavy atom. The van der Waals surface area contributed by atoms with Gasteiger partial charge in [-0.15, -0.1) is 0 Å². The summed E-state index contributed by atoms with van der Waals surface area (Å²) in [4.78, 5) is 15.2. The van der Waals surface area contributed by atoms with Crippen molar-refractivity contribution >= 4 is 29.1 Å². The van der Waals surface area contributed by atoms with Crippen molar-refractivity contribution in [3.8, 4) is 0 Å². The van der Waals surface area contributed by atoms with Crippen LogP contribution in [0.3, 0.4) is 0 Å². The van der Waals surface area contributed by atoms with Crippen molar-refractivity contribution in [1.82, 2.24) is 10.2 Å². The summed E-state index contributed by atoms with van der Waals surface area (Å²) >= 11 is 12.1. The number of halogens is 2. The molecule has 1 saturated heterocycles. The van der Waals surface area contributed by atoms with Gasteiger partial charge in [-0.1, -0.05) is 62.4 Å². The first-order valence-electron chi connectivity index (χ1n) is 11.5. The monoisotopic (exact) mass is 440 g/mol. The fraction of sp³-hybridized carbons (Fsp3) is 0.708. The van der Waals surface area contributed by atoms with Gasteiger partial charge < -0.3 is 10.2 Å². The molecule has 0 bridgehead atoms. The summed E-state index contributed by atoms with van der Waals surface area (Å²) in [7, 11) is 0. The SMILES string of the molecule is C1CCNC1.CCCC1CCCCC1N(CCC)C(=O)Cc1ccc(Cl)c(Cl)c1. The maximum atomic E-state index is 13.0. The molecule has 2 fully saturated rings. The smallest absolute Gasteiger partial charge is 0.227 e. The average Bonchev–Trinajstić information content (AvgIpc) is 3.30. The van der Waals surface area contributed by atoms with Crippen LogP contribution in [0, 0.1) is 5.92 Å². The zero-order chi connectivity index (χ0) is 21.1. The van der Waals surface area contributed by atoms with Crippen LogP contribution in [-0.4, -0.2) is 36.5 Å². The van der Waals surface area contributed by atoms with Gasteiger partial charge in [0, 0.05) is 12.6 Å². The van der Waals surface area contributed by atoms with E-state index in [2.05, 4.69) is 24.1 Å². The number of benzene rings is 1. The van der Waals surface area contributed by atoms with E-state index in [-0.39, 0.29) is 5.91 Å². The molecule has 2 unspecified atom stereocenters. The zero-order valence-electron chi connectivity index (χ0n) is 18.2. The number of carbonyl (C=O) groups is 1. The second-order valence-corrected chi connectivity index (χ2v) is 9.18. The molecule has 3 rings (SSSR count). The minimum Gasteiger partial charge on any atom is -0.339 e. The van der Waals surface area contributed by atoms with Crippen LogP contribution < -0.4 is 5.32 Å². The molecule has 29 heavy (non-hydrogen) atoms. The van der Waals surface area contributed by atoms with Gasteiger partial charge >= 0.3 is 0 Å². The molecule has 1 heterocycles. The Labute approximate surface area is 187 Å². The van der Waals surface area contributed by atoms with E-state index in [0.717, 1.165) is 24.9 Å².